The van der Waals surface area contributed by atoms with Crippen LogP contribution in [0.15, 0.2) is 59.5 Å². The third-order valence-electron chi connectivity index (χ3n) is 3.83. The lowest BCUT2D eigenvalue weighted by Gasteiger charge is -2.23. The first-order valence-corrected chi connectivity index (χ1v) is 10.1. The number of carbonyl (C=O) groups is 2. The van der Waals surface area contributed by atoms with Gasteiger partial charge in [0.1, 0.15) is 6.10 Å². The van der Waals surface area contributed by atoms with Gasteiger partial charge < -0.3 is 15.2 Å². The van der Waals surface area contributed by atoms with E-state index in [0.717, 1.165) is 6.26 Å². The predicted octanol–water partition coefficient (Wildman–Crippen LogP) is 1.49. The van der Waals surface area contributed by atoms with E-state index in [1.165, 1.54) is 24.3 Å². The summed E-state index contributed by atoms with van der Waals surface area (Å²) in [5.74, 6) is -1.33. The van der Waals surface area contributed by atoms with E-state index in [0.29, 0.717) is 5.56 Å². The molecule has 7 nitrogen and oxygen atoms in total. The minimum Gasteiger partial charge on any atom is -0.464 e. The molecule has 2 atom stereocenters. The van der Waals surface area contributed by atoms with Crippen molar-refractivity contribution in [1.29, 1.82) is 0 Å². The second-order valence-corrected chi connectivity index (χ2v) is 7.87. The van der Waals surface area contributed by atoms with Gasteiger partial charge in [-0.25, -0.2) is 13.2 Å². The lowest BCUT2D eigenvalue weighted by molar-refractivity contribution is -0.148. The summed E-state index contributed by atoms with van der Waals surface area (Å²) in [5.41, 5.74) is 0.597. The SMILES string of the molecule is CCOC(=O)C(NC(=O)c1ccccc1)C(O)c1ccc(S(C)(=O)=O)cc1. The topological polar surface area (TPSA) is 110 Å². The van der Waals surface area contributed by atoms with Gasteiger partial charge in [-0.3, -0.25) is 4.79 Å². The molecule has 0 saturated carbocycles. The number of sulfone groups is 1. The molecule has 0 fully saturated rings. The number of benzene rings is 2. The average Bonchev–Trinajstić information content (AvgIpc) is 2.65. The fraction of sp³-hybridized carbons (Fsp3) is 0.263. The molecule has 0 radical (unpaired) electrons. The summed E-state index contributed by atoms with van der Waals surface area (Å²) in [4.78, 5) is 24.7. The number of ether oxygens (including phenoxy) is 1. The standard InChI is InChI=1S/C19H21NO6S/c1-3-26-19(23)16(20-18(22)14-7-5-4-6-8-14)17(21)13-9-11-15(12-10-13)27(2,24)25/h4-12,16-17,21H,3H2,1-2H3,(H,20,22). The Morgan fingerprint density at radius 2 is 1.67 bits per heavy atom. The van der Waals surface area contributed by atoms with Gasteiger partial charge in [-0.05, 0) is 36.8 Å². The normalized spacial score (nSPS) is 13.4. The second-order valence-electron chi connectivity index (χ2n) is 5.86. The number of amides is 1. The smallest absolute Gasteiger partial charge is 0.331 e. The Morgan fingerprint density at radius 1 is 1.07 bits per heavy atom. The van der Waals surface area contributed by atoms with Crippen LogP contribution in [0.1, 0.15) is 28.9 Å². The fourth-order valence-electron chi connectivity index (χ4n) is 2.42. The third-order valence-corrected chi connectivity index (χ3v) is 4.96. The number of aliphatic hydroxyl groups is 1. The summed E-state index contributed by atoms with van der Waals surface area (Å²) in [6.45, 7) is 1.69. The fourth-order valence-corrected chi connectivity index (χ4v) is 3.05. The van der Waals surface area contributed by atoms with Gasteiger partial charge in [0.2, 0.25) is 0 Å². The van der Waals surface area contributed by atoms with Crippen molar-refractivity contribution in [2.75, 3.05) is 12.9 Å². The molecule has 0 bridgehead atoms. The summed E-state index contributed by atoms with van der Waals surface area (Å²) >= 11 is 0. The van der Waals surface area contributed by atoms with Crippen molar-refractivity contribution in [3.8, 4) is 0 Å². The quantitative estimate of drug-likeness (QED) is 0.692. The number of hydrogen-bond donors (Lipinski definition) is 2. The Morgan fingerprint density at radius 3 is 2.19 bits per heavy atom. The van der Waals surface area contributed by atoms with Crippen LogP contribution in [0.3, 0.4) is 0 Å². The molecule has 2 N–H and O–H groups in total. The summed E-state index contributed by atoms with van der Waals surface area (Å²) < 4.78 is 28.1. The zero-order valence-electron chi connectivity index (χ0n) is 15.0. The molecule has 2 unspecified atom stereocenters. The van der Waals surface area contributed by atoms with Crippen LogP contribution in [0.2, 0.25) is 0 Å². The molecule has 8 heteroatoms. The van der Waals surface area contributed by atoms with E-state index in [2.05, 4.69) is 5.32 Å². The minimum absolute atomic E-state index is 0.0796. The molecule has 27 heavy (non-hydrogen) atoms. The first kappa shape index (κ1) is 20.6. The van der Waals surface area contributed by atoms with Crippen LogP contribution in [-0.4, -0.2) is 44.3 Å². The van der Waals surface area contributed by atoms with Crippen molar-refractivity contribution in [2.24, 2.45) is 0 Å². The lowest BCUT2D eigenvalue weighted by atomic mass is 10.0. The summed E-state index contributed by atoms with van der Waals surface area (Å²) in [6, 6.07) is 12.3. The first-order valence-electron chi connectivity index (χ1n) is 8.24. The van der Waals surface area contributed by atoms with Crippen LogP contribution in [0.5, 0.6) is 0 Å². The summed E-state index contributed by atoms with van der Waals surface area (Å²) in [7, 11) is -3.39. The van der Waals surface area contributed by atoms with E-state index in [1.807, 2.05) is 0 Å². The number of nitrogens with one attached hydrogen (secondary N) is 1. The van der Waals surface area contributed by atoms with Crippen molar-refractivity contribution in [3.63, 3.8) is 0 Å². The molecular weight excluding hydrogens is 370 g/mol. The number of esters is 1. The van der Waals surface area contributed by atoms with Crippen molar-refractivity contribution in [3.05, 3.63) is 65.7 Å². The van der Waals surface area contributed by atoms with E-state index in [9.17, 15) is 23.1 Å². The third kappa shape index (κ3) is 5.38. The summed E-state index contributed by atoms with van der Waals surface area (Å²) in [6.07, 6.45) is -0.342. The van der Waals surface area contributed by atoms with Crippen LogP contribution >= 0.6 is 0 Å². The number of hydrogen-bond acceptors (Lipinski definition) is 6. The zero-order valence-corrected chi connectivity index (χ0v) is 15.8. The molecule has 2 rings (SSSR count). The number of rotatable bonds is 7. The van der Waals surface area contributed by atoms with Gasteiger partial charge in [-0.1, -0.05) is 30.3 Å². The Labute approximate surface area is 157 Å². The highest BCUT2D eigenvalue weighted by atomic mass is 32.2. The van der Waals surface area contributed by atoms with Gasteiger partial charge in [0.25, 0.3) is 5.91 Å². The van der Waals surface area contributed by atoms with Crippen LogP contribution < -0.4 is 5.32 Å². The Kier molecular flexibility index (Phi) is 6.70. The Balaban J connectivity index is 2.27. The van der Waals surface area contributed by atoms with E-state index in [-0.39, 0.29) is 17.1 Å². The van der Waals surface area contributed by atoms with Crippen molar-refractivity contribution >= 4 is 21.7 Å². The molecule has 2 aromatic rings. The Hall–Kier alpha value is -2.71. The van der Waals surface area contributed by atoms with E-state index in [1.54, 1.807) is 37.3 Å². The summed E-state index contributed by atoms with van der Waals surface area (Å²) in [5, 5.41) is 13.1. The lowest BCUT2D eigenvalue weighted by Crippen LogP contribution is -2.46. The average molecular weight is 391 g/mol. The molecule has 0 heterocycles. The molecule has 0 aliphatic carbocycles. The van der Waals surface area contributed by atoms with Crippen LogP contribution in [-0.2, 0) is 19.4 Å². The van der Waals surface area contributed by atoms with Crippen LogP contribution in [0.4, 0.5) is 0 Å². The van der Waals surface area contributed by atoms with Gasteiger partial charge in [0.15, 0.2) is 15.9 Å². The van der Waals surface area contributed by atoms with Crippen molar-refractivity contribution in [2.45, 2.75) is 24.0 Å². The first-order chi connectivity index (χ1) is 12.7. The van der Waals surface area contributed by atoms with E-state index < -0.39 is 33.9 Å². The highest BCUT2D eigenvalue weighted by Gasteiger charge is 2.31. The predicted molar refractivity (Wildman–Crippen MR) is 98.8 cm³/mol. The van der Waals surface area contributed by atoms with Gasteiger partial charge >= 0.3 is 5.97 Å². The van der Waals surface area contributed by atoms with Crippen molar-refractivity contribution < 1.29 is 27.9 Å². The highest BCUT2D eigenvalue weighted by Crippen LogP contribution is 2.21. The minimum atomic E-state index is -3.39. The maximum Gasteiger partial charge on any atom is 0.331 e. The Bertz CT molecular complexity index is 894. The molecular formula is C19H21NO6S. The van der Waals surface area contributed by atoms with Gasteiger partial charge in [-0.15, -0.1) is 0 Å². The zero-order chi connectivity index (χ0) is 20.0. The molecule has 0 aromatic heterocycles. The molecule has 0 aliphatic rings. The monoisotopic (exact) mass is 391 g/mol. The van der Waals surface area contributed by atoms with E-state index in [4.69, 9.17) is 4.74 Å². The van der Waals surface area contributed by atoms with Crippen molar-refractivity contribution in [1.82, 2.24) is 5.32 Å². The number of carbonyl (C=O) groups excluding carboxylic acids is 2. The van der Waals surface area contributed by atoms with E-state index >= 15 is 0 Å². The molecule has 0 aliphatic heterocycles. The van der Waals surface area contributed by atoms with Gasteiger partial charge in [-0.2, -0.15) is 0 Å². The largest absolute Gasteiger partial charge is 0.464 e. The molecule has 2 aromatic carbocycles. The van der Waals surface area contributed by atoms with Gasteiger partial charge in [0.05, 0.1) is 11.5 Å². The highest BCUT2D eigenvalue weighted by molar-refractivity contribution is 7.90. The van der Waals surface area contributed by atoms with Crippen LogP contribution in [0.25, 0.3) is 0 Å². The molecule has 0 saturated heterocycles. The van der Waals surface area contributed by atoms with Gasteiger partial charge in [0, 0.05) is 11.8 Å². The van der Waals surface area contributed by atoms with Crippen LogP contribution in [0, 0.1) is 0 Å². The maximum atomic E-state index is 12.4. The molecule has 144 valence electrons. The maximum absolute atomic E-state index is 12.4. The number of aliphatic hydroxyl groups excluding tert-OH is 1. The molecule has 1 amide bonds. The second kappa shape index (κ2) is 8.79. The molecule has 0 spiro atoms.